The van der Waals surface area contributed by atoms with E-state index in [1.807, 2.05) is 31.1 Å². The van der Waals surface area contributed by atoms with Gasteiger partial charge in [0.2, 0.25) is 5.91 Å². The third-order valence-corrected chi connectivity index (χ3v) is 4.38. The van der Waals surface area contributed by atoms with Gasteiger partial charge < -0.3 is 15.5 Å². The summed E-state index contributed by atoms with van der Waals surface area (Å²) in [5.41, 5.74) is 2.50. The highest BCUT2D eigenvalue weighted by Crippen LogP contribution is 2.12. The molecule has 0 aromatic carbocycles. The molecular formula is C18H29N5O. The van der Waals surface area contributed by atoms with E-state index in [1.54, 1.807) is 7.05 Å². The Hall–Kier alpha value is -2.11. The van der Waals surface area contributed by atoms with Crippen LogP contribution in [0.15, 0.2) is 23.5 Å². The van der Waals surface area contributed by atoms with Crippen molar-refractivity contribution in [1.29, 1.82) is 0 Å². The van der Waals surface area contributed by atoms with Gasteiger partial charge in [0.15, 0.2) is 5.96 Å². The van der Waals surface area contributed by atoms with Crippen LogP contribution in [-0.2, 0) is 11.2 Å². The van der Waals surface area contributed by atoms with Gasteiger partial charge in [-0.05, 0) is 37.0 Å². The molecule has 1 saturated heterocycles. The second kappa shape index (κ2) is 8.66. The normalized spacial score (nSPS) is 18.1. The Morgan fingerprint density at radius 3 is 2.96 bits per heavy atom. The van der Waals surface area contributed by atoms with Gasteiger partial charge in [0.05, 0.1) is 0 Å². The van der Waals surface area contributed by atoms with Crippen LogP contribution in [0.25, 0.3) is 0 Å². The average Bonchev–Trinajstić information content (AvgIpc) is 3.03. The minimum atomic E-state index is 0.0600. The van der Waals surface area contributed by atoms with E-state index in [4.69, 9.17) is 0 Å². The van der Waals surface area contributed by atoms with Gasteiger partial charge in [-0.2, -0.15) is 0 Å². The van der Waals surface area contributed by atoms with Crippen LogP contribution >= 0.6 is 0 Å². The molecule has 0 spiro atoms. The summed E-state index contributed by atoms with van der Waals surface area (Å²) < 4.78 is 0. The summed E-state index contributed by atoms with van der Waals surface area (Å²) in [5.74, 6) is 1.09. The lowest BCUT2D eigenvalue weighted by atomic mass is 10.1. The standard InChI is InChI=1S/C18H29N5O/c1-13(2)17(24)23-10-7-16(12-23)22-18(19-4)21-9-6-15-5-8-20-11-14(15)3/h5,8,11,13,16H,6-7,9-10,12H2,1-4H3,(H2,19,21,22). The molecular weight excluding hydrogens is 302 g/mol. The Labute approximate surface area is 144 Å². The van der Waals surface area contributed by atoms with Crippen LogP contribution in [0.1, 0.15) is 31.4 Å². The van der Waals surface area contributed by atoms with Gasteiger partial charge >= 0.3 is 0 Å². The molecule has 1 aliphatic rings. The van der Waals surface area contributed by atoms with E-state index < -0.39 is 0 Å². The molecule has 1 atom stereocenters. The van der Waals surface area contributed by atoms with Crippen LogP contribution in [0.3, 0.4) is 0 Å². The average molecular weight is 331 g/mol. The quantitative estimate of drug-likeness (QED) is 0.631. The molecule has 1 unspecified atom stereocenters. The first-order valence-corrected chi connectivity index (χ1v) is 8.66. The number of likely N-dealkylation sites (tertiary alicyclic amines) is 1. The second-order valence-electron chi connectivity index (χ2n) is 6.62. The van der Waals surface area contributed by atoms with Crippen molar-refractivity contribution in [2.75, 3.05) is 26.7 Å². The second-order valence-corrected chi connectivity index (χ2v) is 6.62. The first-order chi connectivity index (χ1) is 11.5. The van der Waals surface area contributed by atoms with Crippen molar-refractivity contribution < 1.29 is 4.79 Å². The summed E-state index contributed by atoms with van der Waals surface area (Å²) in [4.78, 5) is 22.4. The Morgan fingerprint density at radius 2 is 2.29 bits per heavy atom. The van der Waals surface area contributed by atoms with Crippen LogP contribution in [0.5, 0.6) is 0 Å². The predicted octanol–water partition coefficient (Wildman–Crippen LogP) is 1.35. The van der Waals surface area contributed by atoms with E-state index in [9.17, 15) is 4.79 Å². The summed E-state index contributed by atoms with van der Waals surface area (Å²) in [7, 11) is 1.78. The lowest BCUT2D eigenvalue weighted by Gasteiger charge is -2.20. The number of carbonyl (C=O) groups is 1. The van der Waals surface area contributed by atoms with E-state index in [1.165, 1.54) is 11.1 Å². The Balaban J connectivity index is 1.77. The van der Waals surface area contributed by atoms with Crippen molar-refractivity contribution in [3.8, 4) is 0 Å². The molecule has 1 aliphatic heterocycles. The van der Waals surface area contributed by atoms with Crippen molar-refractivity contribution >= 4 is 11.9 Å². The fourth-order valence-electron chi connectivity index (χ4n) is 2.93. The molecule has 1 aromatic rings. The number of aryl methyl sites for hydroxylation is 1. The number of hydrogen-bond acceptors (Lipinski definition) is 3. The first-order valence-electron chi connectivity index (χ1n) is 8.66. The fraction of sp³-hybridized carbons (Fsp3) is 0.611. The highest BCUT2D eigenvalue weighted by molar-refractivity contribution is 5.81. The first kappa shape index (κ1) is 18.2. The van der Waals surface area contributed by atoms with Crippen molar-refractivity contribution in [2.24, 2.45) is 10.9 Å². The van der Waals surface area contributed by atoms with Crippen LogP contribution < -0.4 is 10.6 Å². The predicted molar refractivity (Wildman–Crippen MR) is 97.0 cm³/mol. The van der Waals surface area contributed by atoms with Gasteiger partial charge in [0, 0.05) is 51.0 Å². The number of aliphatic imine (C=N–C) groups is 1. The topological polar surface area (TPSA) is 69.6 Å². The molecule has 2 heterocycles. The monoisotopic (exact) mass is 331 g/mol. The maximum absolute atomic E-state index is 12.1. The van der Waals surface area contributed by atoms with Gasteiger partial charge in [-0.15, -0.1) is 0 Å². The number of nitrogens with one attached hydrogen (secondary N) is 2. The van der Waals surface area contributed by atoms with E-state index in [-0.39, 0.29) is 17.9 Å². The molecule has 0 saturated carbocycles. The summed E-state index contributed by atoms with van der Waals surface area (Å²) in [6.45, 7) is 8.36. The number of nitrogens with zero attached hydrogens (tertiary/aromatic N) is 3. The number of hydrogen-bond donors (Lipinski definition) is 2. The molecule has 2 N–H and O–H groups in total. The zero-order valence-corrected chi connectivity index (χ0v) is 15.2. The molecule has 6 nitrogen and oxygen atoms in total. The highest BCUT2D eigenvalue weighted by atomic mass is 16.2. The number of pyridine rings is 1. The summed E-state index contributed by atoms with van der Waals surface area (Å²) in [6, 6.07) is 2.32. The van der Waals surface area contributed by atoms with Crippen LogP contribution in [-0.4, -0.2) is 54.5 Å². The number of guanidine groups is 1. The Bertz CT molecular complexity index is 585. The minimum Gasteiger partial charge on any atom is -0.356 e. The van der Waals surface area contributed by atoms with Crippen molar-refractivity contribution in [3.63, 3.8) is 0 Å². The highest BCUT2D eigenvalue weighted by Gasteiger charge is 2.27. The lowest BCUT2D eigenvalue weighted by Crippen LogP contribution is -2.45. The SMILES string of the molecule is CN=C(NCCc1ccncc1C)NC1CCN(C(=O)C(C)C)C1. The Morgan fingerprint density at radius 1 is 1.50 bits per heavy atom. The molecule has 1 fully saturated rings. The van der Waals surface area contributed by atoms with Crippen LogP contribution in [0.4, 0.5) is 0 Å². The maximum atomic E-state index is 12.1. The van der Waals surface area contributed by atoms with Gasteiger partial charge in [0.25, 0.3) is 0 Å². The van der Waals surface area contributed by atoms with E-state index in [0.717, 1.165) is 38.4 Å². The fourth-order valence-corrected chi connectivity index (χ4v) is 2.93. The number of rotatable bonds is 5. The van der Waals surface area contributed by atoms with E-state index in [0.29, 0.717) is 0 Å². The number of aromatic nitrogens is 1. The summed E-state index contributed by atoms with van der Waals surface area (Å²) >= 11 is 0. The van der Waals surface area contributed by atoms with Crippen molar-refractivity contribution in [1.82, 2.24) is 20.5 Å². The van der Waals surface area contributed by atoms with Gasteiger partial charge in [-0.1, -0.05) is 13.8 Å². The molecule has 0 radical (unpaired) electrons. The molecule has 132 valence electrons. The molecule has 1 amide bonds. The molecule has 0 bridgehead atoms. The Kier molecular flexibility index (Phi) is 6.58. The van der Waals surface area contributed by atoms with E-state index >= 15 is 0 Å². The van der Waals surface area contributed by atoms with Gasteiger partial charge in [0.1, 0.15) is 0 Å². The van der Waals surface area contributed by atoms with Crippen molar-refractivity contribution in [2.45, 2.75) is 39.7 Å². The third kappa shape index (κ3) is 4.94. The zero-order chi connectivity index (χ0) is 17.5. The molecule has 6 heteroatoms. The number of carbonyl (C=O) groups excluding carboxylic acids is 1. The molecule has 1 aromatic heterocycles. The van der Waals surface area contributed by atoms with Crippen LogP contribution in [0, 0.1) is 12.8 Å². The third-order valence-electron chi connectivity index (χ3n) is 4.38. The largest absolute Gasteiger partial charge is 0.356 e. The zero-order valence-electron chi connectivity index (χ0n) is 15.2. The summed E-state index contributed by atoms with van der Waals surface area (Å²) in [5, 5.41) is 6.78. The summed E-state index contributed by atoms with van der Waals surface area (Å²) in [6.07, 6.45) is 5.61. The maximum Gasteiger partial charge on any atom is 0.225 e. The van der Waals surface area contributed by atoms with Crippen LogP contribution in [0.2, 0.25) is 0 Å². The van der Waals surface area contributed by atoms with Gasteiger partial charge in [-0.3, -0.25) is 14.8 Å². The minimum absolute atomic E-state index is 0.0600. The lowest BCUT2D eigenvalue weighted by molar-refractivity contribution is -0.133. The number of amides is 1. The molecule has 2 rings (SSSR count). The van der Waals surface area contributed by atoms with E-state index in [2.05, 4.69) is 33.6 Å². The smallest absolute Gasteiger partial charge is 0.225 e. The van der Waals surface area contributed by atoms with Gasteiger partial charge in [-0.25, -0.2) is 0 Å². The molecule has 0 aliphatic carbocycles. The van der Waals surface area contributed by atoms with Crippen molar-refractivity contribution in [3.05, 3.63) is 29.6 Å². The molecule has 24 heavy (non-hydrogen) atoms.